The van der Waals surface area contributed by atoms with Gasteiger partial charge in [0.1, 0.15) is 18.2 Å². The third kappa shape index (κ3) is 7.64. The monoisotopic (exact) mass is 584 g/mol. The molecule has 0 bridgehead atoms. The van der Waals surface area contributed by atoms with E-state index in [1.807, 2.05) is 36.4 Å². The van der Waals surface area contributed by atoms with Gasteiger partial charge < -0.3 is 9.47 Å². The Hall–Kier alpha value is -3.01. The van der Waals surface area contributed by atoms with Gasteiger partial charge in [0.05, 0.1) is 18.6 Å². The highest BCUT2D eigenvalue weighted by atomic mass is 32.2. The van der Waals surface area contributed by atoms with Crippen LogP contribution in [-0.2, 0) is 23.3 Å². The fourth-order valence-corrected chi connectivity index (χ4v) is 6.32. The van der Waals surface area contributed by atoms with Gasteiger partial charge in [-0.15, -0.1) is 0 Å². The Morgan fingerprint density at radius 3 is 2.34 bits per heavy atom. The van der Waals surface area contributed by atoms with E-state index in [4.69, 9.17) is 9.47 Å². The van der Waals surface area contributed by atoms with E-state index >= 15 is 0 Å². The highest BCUT2D eigenvalue weighted by Gasteiger charge is 2.40. The molecular weight excluding hydrogens is 543 g/mol. The molecule has 9 heteroatoms. The Morgan fingerprint density at radius 1 is 1.02 bits per heavy atom. The SMILES string of the molecule is COc1cc(-c2ccc(COc3cccc(C(C4CC4)C(C)S(=O)(=O)O)c3)cc2CN(C(C)C)C(C)C)c(F)cn1. The lowest BCUT2D eigenvalue weighted by Gasteiger charge is -2.31. The molecule has 1 aromatic heterocycles. The summed E-state index contributed by atoms with van der Waals surface area (Å²) in [5.74, 6) is 0.492. The molecule has 222 valence electrons. The molecule has 4 rings (SSSR count). The molecule has 3 aromatic rings. The van der Waals surface area contributed by atoms with Crippen molar-refractivity contribution in [1.82, 2.24) is 9.88 Å². The molecule has 2 aromatic carbocycles. The summed E-state index contributed by atoms with van der Waals surface area (Å²) in [6, 6.07) is 15.6. The number of hydrogen-bond donors (Lipinski definition) is 1. The number of hydrogen-bond acceptors (Lipinski definition) is 6. The van der Waals surface area contributed by atoms with Gasteiger partial charge in [-0.1, -0.05) is 30.3 Å². The summed E-state index contributed by atoms with van der Waals surface area (Å²) in [4.78, 5) is 6.34. The molecule has 7 nitrogen and oxygen atoms in total. The summed E-state index contributed by atoms with van der Waals surface area (Å²) in [5.41, 5.74) is 3.93. The summed E-state index contributed by atoms with van der Waals surface area (Å²) in [5, 5.41) is -0.891. The van der Waals surface area contributed by atoms with Crippen LogP contribution in [0.25, 0.3) is 11.1 Å². The molecule has 1 fully saturated rings. The van der Waals surface area contributed by atoms with Gasteiger partial charge in [-0.3, -0.25) is 9.45 Å². The van der Waals surface area contributed by atoms with Crippen LogP contribution in [0.2, 0.25) is 0 Å². The summed E-state index contributed by atoms with van der Waals surface area (Å²) in [7, 11) is -2.66. The van der Waals surface area contributed by atoms with Crippen molar-refractivity contribution in [3.05, 3.63) is 77.2 Å². The molecule has 0 saturated heterocycles. The minimum absolute atomic E-state index is 0.231. The van der Waals surface area contributed by atoms with Gasteiger partial charge in [-0.25, -0.2) is 9.37 Å². The molecule has 41 heavy (non-hydrogen) atoms. The molecule has 2 unspecified atom stereocenters. The lowest BCUT2D eigenvalue weighted by Crippen LogP contribution is -2.36. The Bertz CT molecular complexity index is 1450. The van der Waals surface area contributed by atoms with Crippen LogP contribution in [0.1, 0.15) is 70.1 Å². The molecule has 1 saturated carbocycles. The molecule has 0 spiro atoms. The van der Waals surface area contributed by atoms with Crippen molar-refractivity contribution in [2.75, 3.05) is 7.11 Å². The maximum atomic E-state index is 15.0. The maximum Gasteiger partial charge on any atom is 0.268 e. The minimum Gasteiger partial charge on any atom is -0.489 e. The van der Waals surface area contributed by atoms with E-state index in [0.29, 0.717) is 23.7 Å². The van der Waals surface area contributed by atoms with Gasteiger partial charge in [0.25, 0.3) is 10.1 Å². The molecule has 1 aliphatic carbocycles. The summed E-state index contributed by atoms with van der Waals surface area (Å²) >= 11 is 0. The van der Waals surface area contributed by atoms with Crippen molar-refractivity contribution >= 4 is 10.1 Å². The van der Waals surface area contributed by atoms with E-state index in [0.717, 1.165) is 35.1 Å². The topological polar surface area (TPSA) is 89.0 Å². The summed E-state index contributed by atoms with van der Waals surface area (Å²) < 4.78 is 60.0. The number of nitrogens with zero attached hydrogens (tertiary/aromatic N) is 2. The fraction of sp³-hybridized carbons (Fsp3) is 0.469. The predicted octanol–water partition coefficient (Wildman–Crippen LogP) is 6.86. The average Bonchev–Trinajstić information content (AvgIpc) is 3.76. The lowest BCUT2D eigenvalue weighted by atomic mass is 9.91. The second kappa shape index (κ2) is 12.9. The molecule has 1 heterocycles. The first-order valence-corrected chi connectivity index (χ1v) is 15.7. The number of methoxy groups -OCH3 is 1. The van der Waals surface area contributed by atoms with Crippen LogP contribution in [0.4, 0.5) is 4.39 Å². The lowest BCUT2D eigenvalue weighted by molar-refractivity contribution is 0.166. The zero-order chi connectivity index (χ0) is 29.9. The van der Waals surface area contributed by atoms with Crippen LogP contribution >= 0.6 is 0 Å². The van der Waals surface area contributed by atoms with Crippen LogP contribution in [0.5, 0.6) is 11.6 Å². The van der Waals surface area contributed by atoms with Crippen molar-refractivity contribution in [1.29, 1.82) is 0 Å². The molecule has 1 N–H and O–H groups in total. The standard InChI is InChI=1S/C32H41FN2O5S/c1-20(2)35(21(3)4)18-26-14-23(10-13-28(26)29-16-31(39-6)34-17-30(29)33)19-40-27-9-7-8-25(15-27)32(24-11-12-24)22(5)41(36,37)38/h7-10,13-17,20-22,24,32H,11-12,18-19H2,1-6H3,(H,36,37,38). The largest absolute Gasteiger partial charge is 0.489 e. The Labute approximate surface area is 243 Å². The van der Waals surface area contributed by atoms with E-state index in [1.54, 1.807) is 13.0 Å². The van der Waals surface area contributed by atoms with E-state index in [9.17, 15) is 17.4 Å². The van der Waals surface area contributed by atoms with Gasteiger partial charge >= 0.3 is 0 Å². The molecule has 0 amide bonds. The van der Waals surface area contributed by atoms with Crippen molar-refractivity contribution < 1.29 is 26.8 Å². The van der Waals surface area contributed by atoms with Crippen LogP contribution in [0, 0.1) is 11.7 Å². The zero-order valence-corrected chi connectivity index (χ0v) is 25.5. The third-order valence-corrected chi connectivity index (χ3v) is 9.17. The quantitative estimate of drug-likeness (QED) is 0.220. The van der Waals surface area contributed by atoms with Gasteiger partial charge in [0.2, 0.25) is 5.88 Å². The van der Waals surface area contributed by atoms with Crippen molar-refractivity contribution in [3.63, 3.8) is 0 Å². The molecule has 2 atom stereocenters. The number of ether oxygens (including phenoxy) is 2. The summed E-state index contributed by atoms with van der Waals surface area (Å²) in [6.45, 7) is 11.1. The first-order chi connectivity index (χ1) is 19.4. The van der Waals surface area contributed by atoms with Crippen molar-refractivity contribution in [2.45, 2.75) is 83.9 Å². The smallest absolute Gasteiger partial charge is 0.268 e. The number of benzene rings is 2. The second-order valence-corrected chi connectivity index (χ2v) is 13.3. The van der Waals surface area contributed by atoms with E-state index in [-0.39, 0.29) is 30.5 Å². The predicted molar refractivity (Wildman–Crippen MR) is 159 cm³/mol. The minimum atomic E-state index is -4.17. The van der Waals surface area contributed by atoms with E-state index in [2.05, 4.69) is 43.6 Å². The van der Waals surface area contributed by atoms with Gasteiger partial charge in [0, 0.05) is 36.2 Å². The highest BCUT2D eigenvalue weighted by Crippen LogP contribution is 2.46. The van der Waals surface area contributed by atoms with Crippen LogP contribution < -0.4 is 9.47 Å². The Morgan fingerprint density at radius 2 is 1.73 bits per heavy atom. The molecule has 1 aliphatic rings. The number of rotatable bonds is 13. The third-order valence-electron chi connectivity index (χ3n) is 7.93. The molecule has 0 aliphatic heterocycles. The second-order valence-electron chi connectivity index (χ2n) is 11.5. The van der Waals surface area contributed by atoms with Crippen LogP contribution in [-0.4, -0.2) is 47.3 Å². The van der Waals surface area contributed by atoms with Gasteiger partial charge in [0.15, 0.2) is 0 Å². The van der Waals surface area contributed by atoms with E-state index < -0.39 is 21.2 Å². The van der Waals surface area contributed by atoms with Crippen LogP contribution in [0.3, 0.4) is 0 Å². The van der Waals surface area contributed by atoms with Gasteiger partial charge in [-0.05, 0) is 87.8 Å². The first-order valence-electron chi connectivity index (χ1n) is 14.2. The number of aromatic nitrogens is 1. The first kappa shape index (κ1) is 30.9. The normalized spacial score (nSPS) is 15.4. The molecule has 0 radical (unpaired) electrons. The van der Waals surface area contributed by atoms with E-state index in [1.165, 1.54) is 13.3 Å². The summed E-state index contributed by atoms with van der Waals surface area (Å²) in [6.07, 6.45) is 3.07. The van der Waals surface area contributed by atoms with Crippen LogP contribution in [0.15, 0.2) is 54.7 Å². The van der Waals surface area contributed by atoms with Crippen molar-refractivity contribution in [2.24, 2.45) is 5.92 Å². The Balaban J connectivity index is 1.63. The number of pyridine rings is 1. The average molecular weight is 585 g/mol. The van der Waals surface area contributed by atoms with Gasteiger partial charge in [-0.2, -0.15) is 8.42 Å². The highest BCUT2D eigenvalue weighted by molar-refractivity contribution is 7.86. The maximum absolute atomic E-state index is 15.0. The molecular formula is C32H41FN2O5S. The fourth-order valence-electron chi connectivity index (χ4n) is 5.57. The Kier molecular flexibility index (Phi) is 9.72. The van der Waals surface area contributed by atoms with Crippen molar-refractivity contribution in [3.8, 4) is 22.8 Å². The number of halogens is 1. The zero-order valence-electron chi connectivity index (χ0n) is 24.7.